The number of aliphatic hydroxyl groups is 1. The van der Waals surface area contributed by atoms with Gasteiger partial charge in [-0.2, -0.15) is 0 Å². The molecule has 0 heterocycles. The van der Waals surface area contributed by atoms with Crippen LogP contribution in [0.3, 0.4) is 0 Å². The van der Waals surface area contributed by atoms with Gasteiger partial charge in [-0.15, -0.1) is 0 Å². The molecule has 0 radical (unpaired) electrons. The largest absolute Gasteiger partial charge is 0.392 e. The molecule has 0 saturated heterocycles. The van der Waals surface area contributed by atoms with Crippen LogP contribution in [0.15, 0.2) is 30.3 Å². The van der Waals surface area contributed by atoms with E-state index in [1.807, 2.05) is 18.2 Å². The summed E-state index contributed by atoms with van der Waals surface area (Å²) >= 11 is 0. The summed E-state index contributed by atoms with van der Waals surface area (Å²) in [6, 6.07) is 10.2. The van der Waals surface area contributed by atoms with E-state index >= 15 is 0 Å². The molecule has 0 bridgehead atoms. The van der Waals surface area contributed by atoms with Crippen molar-refractivity contribution in [3.8, 4) is 0 Å². The predicted octanol–water partition coefficient (Wildman–Crippen LogP) is 1.53. The monoisotopic (exact) mass is 134 g/mol. The quantitative estimate of drug-likeness (QED) is 0.617. The van der Waals surface area contributed by atoms with E-state index in [4.69, 9.17) is 5.11 Å². The lowest BCUT2D eigenvalue weighted by atomic mass is 10.1. The molecule has 0 spiro atoms. The normalized spacial score (nSPS) is 30.1. The van der Waals surface area contributed by atoms with E-state index in [1.54, 1.807) is 0 Å². The lowest BCUT2D eigenvalue weighted by Crippen LogP contribution is -1.83. The van der Waals surface area contributed by atoms with Gasteiger partial charge in [0.15, 0.2) is 0 Å². The molecule has 2 atom stereocenters. The van der Waals surface area contributed by atoms with Crippen LogP contribution < -0.4 is 0 Å². The summed E-state index contributed by atoms with van der Waals surface area (Å²) < 4.78 is 0. The molecule has 0 unspecified atom stereocenters. The first-order valence-corrected chi connectivity index (χ1v) is 3.61. The Morgan fingerprint density at radius 2 is 1.80 bits per heavy atom. The molecule has 0 aromatic heterocycles. The van der Waals surface area contributed by atoms with Gasteiger partial charge in [-0.25, -0.2) is 0 Å². The Balaban J connectivity index is 2.20. The number of hydrogen-bond acceptors (Lipinski definition) is 1. The maximum absolute atomic E-state index is 9.08. The van der Waals surface area contributed by atoms with E-state index in [0.717, 1.165) is 6.42 Å². The van der Waals surface area contributed by atoms with Crippen molar-refractivity contribution in [1.29, 1.82) is 0 Å². The molecular formula is C9H10O. The molecule has 1 nitrogen and oxygen atoms in total. The minimum absolute atomic E-state index is 0.0672. The van der Waals surface area contributed by atoms with Gasteiger partial charge in [0.25, 0.3) is 0 Å². The van der Waals surface area contributed by atoms with Gasteiger partial charge >= 0.3 is 0 Å². The van der Waals surface area contributed by atoms with Gasteiger partial charge in [0, 0.05) is 5.92 Å². The molecule has 1 aromatic carbocycles. The van der Waals surface area contributed by atoms with Gasteiger partial charge in [-0.05, 0) is 12.0 Å². The summed E-state index contributed by atoms with van der Waals surface area (Å²) in [5, 5.41) is 9.08. The van der Waals surface area contributed by atoms with E-state index in [1.165, 1.54) is 5.56 Å². The van der Waals surface area contributed by atoms with E-state index in [9.17, 15) is 0 Å². The third-order valence-electron chi connectivity index (χ3n) is 1.98. The fourth-order valence-electron chi connectivity index (χ4n) is 1.24. The maximum atomic E-state index is 9.08. The Labute approximate surface area is 60.3 Å². The van der Waals surface area contributed by atoms with Crippen molar-refractivity contribution in [2.75, 3.05) is 0 Å². The first-order valence-electron chi connectivity index (χ1n) is 3.61. The lowest BCUT2D eigenvalue weighted by Gasteiger charge is -1.93. The molecule has 1 heteroatoms. The number of aliphatic hydroxyl groups excluding tert-OH is 1. The molecule has 0 aliphatic heterocycles. The van der Waals surface area contributed by atoms with E-state index < -0.39 is 0 Å². The average Bonchev–Trinajstić information content (AvgIpc) is 2.69. The van der Waals surface area contributed by atoms with Crippen molar-refractivity contribution in [2.45, 2.75) is 18.4 Å². The van der Waals surface area contributed by atoms with Gasteiger partial charge in [0.05, 0.1) is 6.10 Å². The standard InChI is InChI=1S/C9H10O/c10-9-6-8(9)7-4-2-1-3-5-7/h1-5,8-10H,6H2/t8-,9+/m1/s1. The number of hydrogen-bond donors (Lipinski definition) is 1. The predicted molar refractivity (Wildman–Crippen MR) is 39.8 cm³/mol. The molecule has 1 N–H and O–H groups in total. The van der Waals surface area contributed by atoms with Gasteiger partial charge in [-0.3, -0.25) is 0 Å². The fraction of sp³-hybridized carbons (Fsp3) is 0.333. The Hall–Kier alpha value is -0.820. The molecule has 1 saturated carbocycles. The van der Waals surface area contributed by atoms with Crippen LogP contribution in [0.5, 0.6) is 0 Å². The third-order valence-corrected chi connectivity index (χ3v) is 1.98. The second-order valence-electron chi connectivity index (χ2n) is 2.82. The average molecular weight is 134 g/mol. The highest BCUT2D eigenvalue weighted by molar-refractivity contribution is 5.25. The Kier molecular flexibility index (Phi) is 1.24. The minimum Gasteiger partial charge on any atom is -0.392 e. The maximum Gasteiger partial charge on any atom is 0.0616 e. The van der Waals surface area contributed by atoms with Crippen LogP contribution in [0, 0.1) is 0 Å². The van der Waals surface area contributed by atoms with Gasteiger partial charge in [-0.1, -0.05) is 30.3 Å². The van der Waals surface area contributed by atoms with E-state index in [2.05, 4.69) is 12.1 Å². The van der Waals surface area contributed by atoms with Crippen LogP contribution in [0.25, 0.3) is 0 Å². The zero-order valence-electron chi connectivity index (χ0n) is 5.70. The zero-order chi connectivity index (χ0) is 6.97. The molecule has 1 aromatic rings. The zero-order valence-corrected chi connectivity index (χ0v) is 5.70. The number of rotatable bonds is 1. The van der Waals surface area contributed by atoms with Crippen molar-refractivity contribution in [2.24, 2.45) is 0 Å². The molecule has 1 fully saturated rings. The first kappa shape index (κ1) is 5.93. The van der Waals surface area contributed by atoms with E-state index in [-0.39, 0.29) is 6.10 Å². The van der Waals surface area contributed by atoms with Crippen molar-refractivity contribution in [1.82, 2.24) is 0 Å². The summed E-state index contributed by atoms with van der Waals surface area (Å²) in [7, 11) is 0. The Morgan fingerprint density at radius 1 is 1.20 bits per heavy atom. The van der Waals surface area contributed by atoms with Crippen LogP contribution in [-0.4, -0.2) is 11.2 Å². The Bertz CT molecular complexity index is 217. The van der Waals surface area contributed by atoms with Crippen LogP contribution >= 0.6 is 0 Å². The van der Waals surface area contributed by atoms with Gasteiger partial charge < -0.3 is 5.11 Å². The Morgan fingerprint density at radius 3 is 2.30 bits per heavy atom. The SMILES string of the molecule is O[C@H]1C[C@@H]1c1ccccc1. The van der Waals surface area contributed by atoms with Crippen molar-refractivity contribution in [3.05, 3.63) is 35.9 Å². The summed E-state index contributed by atoms with van der Waals surface area (Å²) in [6.07, 6.45) is 0.881. The van der Waals surface area contributed by atoms with Crippen LogP contribution in [0.4, 0.5) is 0 Å². The summed E-state index contributed by atoms with van der Waals surface area (Å²) in [4.78, 5) is 0. The fourth-order valence-corrected chi connectivity index (χ4v) is 1.24. The smallest absolute Gasteiger partial charge is 0.0616 e. The highest BCUT2D eigenvalue weighted by atomic mass is 16.3. The van der Waals surface area contributed by atoms with Crippen molar-refractivity contribution in [3.63, 3.8) is 0 Å². The van der Waals surface area contributed by atoms with Crippen LogP contribution in [0.1, 0.15) is 17.9 Å². The topological polar surface area (TPSA) is 20.2 Å². The summed E-state index contributed by atoms with van der Waals surface area (Å²) in [6.45, 7) is 0. The molecule has 2 rings (SSSR count). The van der Waals surface area contributed by atoms with Crippen LogP contribution in [-0.2, 0) is 0 Å². The molecule has 1 aliphatic carbocycles. The van der Waals surface area contributed by atoms with Gasteiger partial charge in [0.1, 0.15) is 0 Å². The van der Waals surface area contributed by atoms with Crippen molar-refractivity contribution < 1.29 is 5.11 Å². The number of benzene rings is 1. The van der Waals surface area contributed by atoms with E-state index in [0.29, 0.717) is 5.92 Å². The van der Waals surface area contributed by atoms with Crippen LogP contribution in [0.2, 0.25) is 0 Å². The molecule has 10 heavy (non-hydrogen) atoms. The summed E-state index contributed by atoms with van der Waals surface area (Å²) in [5.41, 5.74) is 1.27. The second kappa shape index (κ2) is 2.10. The highest BCUT2D eigenvalue weighted by Crippen LogP contribution is 2.40. The minimum atomic E-state index is -0.0672. The molecule has 0 amide bonds. The summed E-state index contributed by atoms with van der Waals surface area (Å²) in [5.74, 6) is 0.432. The molecule has 1 aliphatic rings. The van der Waals surface area contributed by atoms with Gasteiger partial charge in [0.2, 0.25) is 0 Å². The second-order valence-corrected chi connectivity index (χ2v) is 2.82. The third kappa shape index (κ3) is 0.929. The molecule has 52 valence electrons. The van der Waals surface area contributed by atoms with Crippen molar-refractivity contribution >= 4 is 0 Å². The highest BCUT2D eigenvalue weighted by Gasteiger charge is 2.35. The first-order chi connectivity index (χ1) is 4.88. The lowest BCUT2D eigenvalue weighted by molar-refractivity contribution is 0.272. The molecular weight excluding hydrogens is 124 g/mol.